The summed E-state index contributed by atoms with van der Waals surface area (Å²) >= 11 is 0. The first-order valence-corrected chi connectivity index (χ1v) is 8.92. The minimum absolute atomic E-state index is 0.0250. The lowest BCUT2D eigenvalue weighted by atomic mass is 10.1. The van der Waals surface area contributed by atoms with Crippen molar-refractivity contribution in [3.8, 4) is 17.1 Å². The summed E-state index contributed by atoms with van der Waals surface area (Å²) < 4.78 is 6.64. The normalized spacial score (nSPS) is 10.8. The first-order chi connectivity index (χ1) is 14.3. The molecule has 0 fully saturated rings. The molecule has 2 heterocycles. The van der Waals surface area contributed by atoms with Crippen LogP contribution in [0.5, 0.6) is 5.75 Å². The molecule has 3 N–H and O–H groups in total. The molecule has 0 aliphatic heterocycles. The number of carboxylic acids is 1. The van der Waals surface area contributed by atoms with Crippen LogP contribution in [0.1, 0.15) is 32.4 Å². The summed E-state index contributed by atoms with van der Waals surface area (Å²) in [7, 11) is 0. The summed E-state index contributed by atoms with van der Waals surface area (Å²) in [6.07, 6.45) is 2.85. The summed E-state index contributed by atoms with van der Waals surface area (Å²) in [5.41, 5.74) is 1.34. The van der Waals surface area contributed by atoms with Crippen molar-refractivity contribution in [3.63, 3.8) is 0 Å². The van der Waals surface area contributed by atoms with Gasteiger partial charge in [-0.1, -0.05) is 0 Å². The molecule has 4 aromatic rings. The Hall–Kier alpha value is -4.33. The number of aromatic nitrogens is 1. The van der Waals surface area contributed by atoms with E-state index in [1.54, 1.807) is 24.3 Å². The molecule has 0 saturated carbocycles. The lowest BCUT2D eigenvalue weighted by Crippen LogP contribution is -2.12. The first kappa shape index (κ1) is 19.0. The highest BCUT2D eigenvalue weighted by molar-refractivity contribution is 6.15. The average Bonchev–Trinajstić information content (AvgIpc) is 3.35. The lowest BCUT2D eigenvalue weighted by Gasteiger charge is -2.08. The molecule has 0 atom stereocenters. The molecule has 0 radical (unpaired) electrons. The van der Waals surface area contributed by atoms with Crippen LogP contribution in [0.15, 0.2) is 65.4 Å². The number of hydrogen-bond acceptors (Lipinski definition) is 5. The number of rotatable bonds is 4. The Bertz CT molecular complexity index is 1300. The summed E-state index contributed by atoms with van der Waals surface area (Å²) in [5.74, 6) is -1.61. The zero-order valence-electron chi connectivity index (χ0n) is 15.7. The molecule has 0 saturated heterocycles. The van der Waals surface area contributed by atoms with Gasteiger partial charge in [0.2, 0.25) is 5.91 Å². The second-order valence-electron chi connectivity index (χ2n) is 6.67. The topological polar surface area (TPSA) is 122 Å². The fourth-order valence-corrected chi connectivity index (χ4v) is 3.27. The number of phenols is 1. The van der Waals surface area contributed by atoms with Crippen molar-refractivity contribution in [2.45, 2.75) is 6.92 Å². The lowest BCUT2D eigenvalue weighted by molar-refractivity contribution is 0.0696. The second-order valence-corrected chi connectivity index (χ2v) is 6.67. The minimum atomic E-state index is -1.16. The Morgan fingerprint density at radius 2 is 1.87 bits per heavy atom. The van der Waals surface area contributed by atoms with Crippen LogP contribution in [0.4, 0.5) is 5.69 Å². The van der Waals surface area contributed by atoms with Crippen molar-refractivity contribution < 1.29 is 29.0 Å². The fraction of sp³-hybridized carbons (Fsp3) is 0.0455. The fourth-order valence-electron chi connectivity index (χ4n) is 3.27. The largest absolute Gasteiger partial charge is 0.508 e. The molecule has 2 aromatic carbocycles. The number of fused-ring (bicyclic) bond motifs is 1. The highest BCUT2D eigenvalue weighted by atomic mass is 16.4. The van der Waals surface area contributed by atoms with Crippen molar-refractivity contribution >= 4 is 34.4 Å². The molecule has 0 spiro atoms. The van der Waals surface area contributed by atoms with Crippen LogP contribution in [0.3, 0.4) is 0 Å². The molecular formula is C22H16N2O6. The average molecular weight is 404 g/mol. The van der Waals surface area contributed by atoms with E-state index < -0.39 is 11.9 Å². The first-order valence-electron chi connectivity index (χ1n) is 8.92. The van der Waals surface area contributed by atoms with Gasteiger partial charge in [0.05, 0.1) is 22.9 Å². The number of carbonyl (C=O) groups is 3. The maximum absolute atomic E-state index is 13.0. The van der Waals surface area contributed by atoms with E-state index in [9.17, 15) is 24.6 Å². The maximum Gasteiger partial charge on any atom is 0.335 e. The molecule has 0 unspecified atom stereocenters. The van der Waals surface area contributed by atoms with Crippen molar-refractivity contribution in [3.05, 3.63) is 72.1 Å². The van der Waals surface area contributed by atoms with Gasteiger partial charge in [-0.3, -0.25) is 14.2 Å². The zero-order chi connectivity index (χ0) is 21.4. The SMILES string of the molecule is CC(=O)n1cc(C(=O)Nc2cc(C(=O)O)cc(-c3ccco3)c2)c2cc(O)ccc21. The van der Waals surface area contributed by atoms with Crippen LogP contribution < -0.4 is 5.32 Å². The van der Waals surface area contributed by atoms with E-state index >= 15 is 0 Å². The molecule has 4 rings (SSSR count). The highest BCUT2D eigenvalue weighted by Crippen LogP contribution is 2.28. The van der Waals surface area contributed by atoms with Crippen LogP contribution in [0.25, 0.3) is 22.2 Å². The Morgan fingerprint density at radius 1 is 1.07 bits per heavy atom. The van der Waals surface area contributed by atoms with Gasteiger partial charge in [0.25, 0.3) is 5.91 Å². The van der Waals surface area contributed by atoms with Gasteiger partial charge >= 0.3 is 5.97 Å². The standard InChI is InChI=1S/C22H16N2O6/c1-12(25)24-11-18(17-10-16(26)4-5-19(17)24)21(27)23-15-8-13(20-3-2-6-30-20)7-14(9-15)22(28)29/h2-11,26H,1H3,(H,23,27)(H,28,29). The number of carbonyl (C=O) groups excluding carboxylic acids is 2. The summed E-state index contributed by atoms with van der Waals surface area (Å²) in [5, 5.41) is 22.3. The molecule has 1 amide bonds. The number of phenolic OH excluding ortho intramolecular Hbond substituents is 1. The zero-order valence-corrected chi connectivity index (χ0v) is 15.7. The number of anilines is 1. The summed E-state index contributed by atoms with van der Waals surface area (Å²) in [4.78, 5) is 36.4. The van der Waals surface area contributed by atoms with Gasteiger partial charge in [-0.25, -0.2) is 4.79 Å². The maximum atomic E-state index is 13.0. The molecule has 8 heteroatoms. The highest BCUT2D eigenvalue weighted by Gasteiger charge is 2.19. The second kappa shape index (κ2) is 7.25. The van der Waals surface area contributed by atoms with E-state index in [0.717, 1.165) is 0 Å². The van der Waals surface area contributed by atoms with Gasteiger partial charge in [-0.2, -0.15) is 0 Å². The predicted octanol–water partition coefficient (Wildman–Crippen LogP) is 4.22. The number of nitrogens with zero attached hydrogens (tertiary/aromatic N) is 1. The van der Waals surface area contributed by atoms with E-state index in [-0.39, 0.29) is 28.5 Å². The number of aromatic hydroxyl groups is 1. The number of carboxylic acid groups (broad SMARTS) is 1. The number of aromatic carboxylic acids is 1. The number of furan rings is 1. The van der Waals surface area contributed by atoms with Gasteiger partial charge in [0.1, 0.15) is 11.5 Å². The molecule has 2 aromatic heterocycles. The summed E-state index contributed by atoms with van der Waals surface area (Å²) in [6, 6.07) is 12.1. The third kappa shape index (κ3) is 3.42. The Morgan fingerprint density at radius 3 is 2.53 bits per heavy atom. The van der Waals surface area contributed by atoms with E-state index in [0.29, 0.717) is 22.2 Å². The van der Waals surface area contributed by atoms with Crippen LogP contribution >= 0.6 is 0 Å². The van der Waals surface area contributed by atoms with Crippen molar-refractivity contribution in [2.24, 2.45) is 0 Å². The van der Waals surface area contributed by atoms with Gasteiger partial charge in [-0.15, -0.1) is 0 Å². The molecule has 0 aliphatic carbocycles. The van der Waals surface area contributed by atoms with Gasteiger partial charge < -0.3 is 19.9 Å². The van der Waals surface area contributed by atoms with Crippen molar-refractivity contribution in [2.75, 3.05) is 5.32 Å². The van der Waals surface area contributed by atoms with E-state index in [1.807, 2.05) is 0 Å². The number of nitrogens with one attached hydrogen (secondary N) is 1. The number of hydrogen-bond donors (Lipinski definition) is 3. The summed E-state index contributed by atoms with van der Waals surface area (Å²) in [6.45, 7) is 1.36. The third-order valence-electron chi connectivity index (χ3n) is 4.62. The van der Waals surface area contributed by atoms with Crippen LogP contribution in [-0.4, -0.2) is 32.6 Å². The van der Waals surface area contributed by atoms with Gasteiger partial charge in [0.15, 0.2) is 0 Å². The quantitative estimate of drug-likeness (QED) is 0.468. The minimum Gasteiger partial charge on any atom is -0.508 e. The van der Waals surface area contributed by atoms with Crippen LogP contribution in [-0.2, 0) is 0 Å². The Balaban J connectivity index is 1.77. The Kier molecular flexibility index (Phi) is 4.59. The van der Waals surface area contributed by atoms with E-state index in [1.165, 1.54) is 48.2 Å². The van der Waals surface area contributed by atoms with Crippen LogP contribution in [0, 0.1) is 0 Å². The molecule has 30 heavy (non-hydrogen) atoms. The van der Waals surface area contributed by atoms with E-state index in [4.69, 9.17) is 4.42 Å². The molecule has 0 bridgehead atoms. The predicted molar refractivity (Wildman–Crippen MR) is 109 cm³/mol. The third-order valence-corrected chi connectivity index (χ3v) is 4.62. The van der Waals surface area contributed by atoms with Gasteiger partial charge in [-0.05, 0) is 48.5 Å². The van der Waals surface area contributed by atoms with Crippen molar-refractivity contribution in [1.29, 1.82) is 0 Å². The molecular weight excluding hydrogens is 388 g/mol. The number of benzene rings is 2. The van der Waals surface area contributed by atoms with Gasteiger partial charge in [0, 0.05) is 29.8 Å². The van der Waals surface area contributed by atoms with E-state index in [2.05, 4.69) is 5.32 Å². The molecule has 150 valence electrons. The molecule has 8 nitrogen and oxygen atoms in total. The number of amides is 1. The smallest absolute Gasteiger partial charge is 0.335 e. The monoisotopic (exact) mass is 404 g/mol. The van der Waals surface area contributed by atoms with Crippen molar-refractivity contribution in [1.82, 2.24) is 4.57 Å². The Labute approximate surface area is 170 Å². The van der Waals surface area contributed by atoms with Crippen LogP contribution in [0.2, 0.25) is 0 Å². The molecule has 0 aliphatic rings.